The van der Waals surface area contributed by atoms with E-state index in [-0.39, 0.29) is 17.3 Å². The molecule has 0 aliphatic heterocycles. The molecule has 0 aliphatic carbocycles. The molecule has 126 valence electrons. The van der Waals surface area contributed by atoms with Crippen molar-refractivity contribution in [2.24, 2.45) is 0 Å². The predicted octanol–water partition coefficient (Wildman–Crippen LogP) is 2.62. The van der Waals surface area contributed by atoms with Gasteiger partial charge in [-0.25, -0.2) is 0 Å². The number of nitrogens with zero attached hydrogens (tertiary/aromatic N) is 3. The number of hydrogen-bond acceptors (Lipinski definition) is 6. The molecule has 2 aromatic heterocycles. The summed E-state index contributed by atoms with van der Waals surface area (Å²) in [5, 5.41) is 17.2. The minimum absolute atomic E-state index is 0.0163. The quantitative estimate of drug-likeness (QED) is 0.546. The number of amides is 1. The zero-order valence-corrected chi connectivity index (χ0v) is 13.1. The van der Waals surface area contributed by atoms with Gasteiger partial charge in [0.1, 0.15) is 0 Å². The highest BCUT2D eigenvalue weighted by Gasteiger charge is 2.14. The Morgan fingerprint density at radius 1 is 1.16 bits per heavy atom. The Labute approximate surface area is 142 Å². The van der Waals surface area contributed by atoms with E-state index in [4.69, 9.17) is 4.52 Å². The van der Waals surface area contributed by atoms with Crippen molar-refractivity contribution in [3.05, 3.63) is 76.2 Å². The number of carbonyl (C=O) groups excluding carboxylic acids is 1. The molecule has 25 heavy (non-hydrogen) atoms. The molecule has 0 unspecified atom stereocenters. The second kappa shape index (κ2) is 7.35. The molecule has 2 heterocycles. The molecule has 8 nitrogen and oxygen atoms in total. The summed E-state index contributed by atoms with van der Waals surface area (Å²) in [5.41, 5.74) is 1.82. The van der Waals surface area contributed by atoms with Gasteiger partial charge in [-0.05, 0) is 36.2 Å². The Morgan fingerprint density at radius 2 is 1.88 bits per heavy atom. The van der Waals surface area contributed by atoms with Crippen molar-refractivity contribution >= 4 is 11.6 Å². The van der Waals surface area contributed by atoms with Gasteiger partial charge < -0.3 is 9.84 Å². The third-order valence-electron chi connectivity index (χ3n) is 3.55. The molecule has 0 saturated carbocycles. The summed E-state index contributed by atoms with van der Waals surface area (Å²) in [4.78, 5) is 26.2. The minimum Gasteiger partial charge on any atom is -0.355 e. The second-order valence-electron chi connectivity index (χ2n) is 5.24. The molecule has 1 amide bonds. The maximum atomic E-state index is 12.1. The first-order chi connectivity index (χ1) is 12.1. The highest BCUT2D eigenvalue weighted by molar-refractivity contribution is 5.93. The third kappa shape index (κ3) is 4.05. The lowest BCUT2D eigenvalue weighted by Gasteiger charge is -2.02. The number of nitro benzene ring substituents is 1. The molecule has 0 radical (unpaired) electrons. The molecule has 0 fully saturated rings. The van der Waals surface area contributed by atoms with Gasteiger partial charge in [-0.3, -0.25) is 19.9 Å². The van der Waals surface area contributed by atoms with Crippen LogP contribution >= 0.6 is 0 Å². The summed E-state index contributed by atoms with van der Waals surface area (Å²) in [6, 6.07) is 11.1. The van der Waals surface area contributed by atoms with Gasteiger partial charge in [-0.2, -0.15) is 0 Å². The number of hydrogen-bond donors (Lipinski definition) is 1. The van der Waals surface area contributed by atoms with E-state index in [1.165, 1.54) is 18.2 Å². The average molecular weight is 338 g/mol. The van der Waals surface area contributed by atoms with Gasteiger partial charge in [0.2, 0.25) is 0 Å². The molecule has 1 N–H and O–H groups in total. The Hall–Kier alpha value is -3.55. The highest BCUT2D eigenvalue weighted by atomic mass is 16.6. The fraction of sp³-hybridized carbons (Fsp3) is 0.118. The SMILES string of the molecule is O=C(NCCc1ccncc1)c1cc(-c2ccc([N+](=O)[O-])cc2)on1. The van der Waals surface area contributed by atoms with Gasteiger partial charge in [0.15, 0.2) is 11.5 Å². The van der Waals surface area contributed by atoms with Crippen LogP contribution in [-0.2, 0) is 6.42 Å². The average Bonchev–Trinajstić information content (AvgIpc) is 3.13. The maximum absolute atomic E-state index is 12.1. The van der Waals surface area contributed by atoms with E-state index in [0.29, 0.717) is 24.3 Å². The van der Waals surface area contributed by atoms with Crippen molar-refractivity contribution in [3.63, 3.8) is 0 Å². The number of benzene rings is 1. The van der Waals surface area contributed by atoms with Crippen molar-refractivity contribution in [2.45, 2.75) is 6.42 Å². The number of carbonyl (C=O) groups is 1. The lowest BCUT2D eigenvalue weighted by atomic mass is 10.1. The largest absolute Gasteiger partial charge is 0.355 e. The van der Waals surface area contributed by atoms with Gasteiger partial charge in [0.25, 0.3) is 11.6 Å². The number of rotatable bonds is 6. The maximum Gasteiger partial charge on any atom is 0.273 e. The van der Waals surface area contributed by atoms with Crippen LogP contribution in [0.15, 0.2) is 59.4 Å². The Balaban J connectivity index is 1.60. The highest BCUT2D eigenvalue weighted by Crippen LogP contribution is 2.23. The molecule has 0 saturated heterocycles. The summed E-state index contributed by atoms with van der Waals surface area (Å²) >= 11 is 0. The fourth-order valence-corrected chi connectivity index (χ4v) is 2.23. The molecule has 0 atom stereocenters. The number of nitro groups is 1. The zero-order valence-electron chi connectivity index (χ0n) is 13.1. The first-order valence-electron chi connectivity index (χ1n) is 7.52. The van der Waals surface area contributed by atoms with E-state index in [2.05, 4.69) is 15.5 Å². The van der Waals surface area contributed by atoms with Gasteiger partial charge in [0, 0.05) is 42.7 Å². The van der Waals surface area contributed by atoms with E-state index in [0.717, 1.165) is 5.56 Å². The first kappa shape index (κ1) is 16.3. The molecule has 0 spiro atoms. The number of non-ortho nitro benzene ring substituents is 1. The van der Waals surface area contributed by atoms with Gasteiger partial charge >= 0.3 is 0 Å². The summed E-state index contributed by atoms with van der Waals surface area (Å²) < 4.78 is 5.15. The Morgan fingerprint density at radius 3 is 2.56 bits per heavy atom. The van der Waals surface area contributed by atoms with Crippen molar-refractivity contribution in [2.75, 3.05) is 6.54 Å². The summed E-state index contributed by atoms with van der Waals surface area (Å²) in [6.07, 6.45) is 4.08. The fourth-order valence-electron chi connectivity index (χ4n) is 2.23. The summed E-state index contributed by atoms with van der Waals surface area (Å²) in [5.74, 6) is 0.0279. The van der Waals surface area contributed by atoms with Gasteiger partial charge in [0.05, 0.1) is 4.92 Å². The van der Waals surface area contributed by atoms with Crippen LogP contribution < -0.4 is 5.32 Å². The lowest BCUT2D eigenvalue weighted by Crippen LogP contribution is -2.25. The van der Waals surface area contributed by atoms with Crippen LogP contribution in [0.1, 0.15) is 16.1 Å². The monoisotopic (exact) mass is 338 g/mol. The van der Waals surface area contributed by atoms with Crippen LogP contribution in [0.25, 0.3) is 11.3 Å². The Kier molecular flexibility index (Phi) is 4.79. The van der Waals surface area contributed by atoms with Crippen molar-refractivity contribution < 1.29 is 14.2 Å². The standard InChI is InChI=1S/C17H14N4O4/c22-17(19-10-7-12-5-8-18-9-6-12)15-11-16(25-20-15)13-1-3-14(4-2-13)21(23)24/h1-6,8-9,11H,7,10H2,(H,19,22). The normalized spacial score (nSPS) is 10.4. The predicted molar refractivity (Wildman–Crippen MR) is 88.9 cm³/mol. The van der Waals surface area contributed by atoms with Crippen LogP contribution in [0.3, 0.4) is 0 Å². The molecule has 3 aromatic rings. The van der Waals surface area contributed by atoms with Crippen molar-refractivity contribution in [3.8, 4) is 11.3 Å². The minimum atomic E-state index is -0.480. The molecule has 0 bridgehead atoms. The topological polar surface area (TPSA) is 111 Å². The van der Waals surface area contributed by atoms with Gasteiger partial charge in [-0.15, -0.1) is 0 Å². The van der Waals surface area contributed by atoms with Crippen LogP contribution in [0.2, 0.25) is 0 Å². The van der Waals surface area contributed by atoms with Crippen LogP contribution in [-0.4, -0.2) is 27.5 Å². The van der Waals surface area contributed by atoms with Crippen molar-refractivity contribution in [1.29, 1.82) is 0 Å². The molecule has 3 rings (SSSR count). The molecular weight excluding hydrogens is 324 g/mol. The van der Waals surface area contributed by atoms with E-state index in [9.17, 15) is 14.9 Å². The van der Waals surface area contributed by atoms with E-state index < -0.39 is 4.92 Å². The summed E-state index contributed by atoms with van der Waals surface area (Å²) in [7, 11) is 0. The van der Waals surface area contributed by atoms with E-state index in [1.807, 2.05) is 12.1 Å². The summed E-state index contributed by atoms with van der Waals surface area (Å²) in [6.45, 7) is 0.461. The molecule has 8 heteroatoms. The van der Waals surface area contributed by atoms with Crippen molar-refractivity contribution in [1.82, 2.24) is 15.5 Å². The van der Waals surface area contributed by atoms with Crippen LogP contribution in [0.4, 0.5) is 5.69 Å². The molecule has 1 aromatic carbocycles. The van der Waals surface area contributed by atoms with E-state index in [1.54, 1.807) is 24.5 Å². The number of pyridine rings is 1. The van der Waals surface area contributed by atoms with Crippen LogP contribution in [0.5, 0.6) is 0 Å². The first-order valence-corrected chi connectivity index (χ1v) is 7.52. The zero-order chi connectivity index (χ0) is 17.6. The third-order valence-corrected chi connectivity index (χ3v) is 3.55. The second-order valence-corrected chi connectivity index (χ2v) is 5.24. The number of nitrogens with one attached hydrogen (secondary N) is 1. The lowest BCUT2D eigenvalue weighted by molar-refractivity contribution is -0.384. The van der Waals surface area contributed by atoms with Gasteiger partial charge in [-0.1, -0.05) is 5.16 Å². The number of aromatic nitrogens is 2. The molecular formula is C17H14N4O4. The Bertz CT molecular complexity index is 875. The molecule has 0 aliphatic rings. The smallest absolute Gasteiger partial charge is 0.273 e. The van der Waals surface area contributed by atoms with E-state index >= 15 is 0 Å². The van der Waals surface area contributed by atoms with Crippen LogP contribution in [0, 0.1) is 10.1 Å².